The molecule has 0 radical (unpaired) electrons. The first-order valence-corrected chi connectivity index (χ1v) is 3.95. The van der Waals surface area contributed by atoms with E-state index < -0.39 is 11.5 Å². The summed E-state index contributed by atoms with van der Waals surface area (Å²) in [5, 5.41) is 8.81. The van der Waals surface area contributed by atoms with Crippen LogP contribution >= 0.6 is 0 Å². The van der Waals surface area contributed by atoms with Gasteiger partial charge < -0.3 is 5.11 Å². The molecular formula is C8H13NO3. The maximum atomic E-state index is 10.8. The van der Waals surface area contributed by atoms with E-state index in [2.05, 4.69) is 4.99 Å². The maximum absolute atomic E-state index is 10.8. The number of nitrogens with zero attached hydrogens (tertiary/aromatic N) is 1. The third kappa shape index (κ3) is 2.17. The lowest BCUT2D eigenvalue weighted by Crippen LogP contribution is -2.35. The zero-order valence-corrected chi connectivity index (χ0v) is 7.33. The van der Waals surface area contributed by atoms with Crippen molar-refractivity contribution in [3.8, 4) is 0 Å². The van der Waals surface area contributed by atoms with Crippen LogP contribution in [0.4, 0.5) is 0 Å². The van der Waals surface area contributed by atoms with Gasteiger partial charge in [-0.25, -0.2) is 9.59 Å². The molecule has 0 saturated heterocycles. The van der Waals surface area contributed by atoms with E-state index in [0.29, 0.717) is 19.3 Å². The molecule has 0 aromatic carbocycles. The Balaban J connectivity index is 4.74. The van der Waals surface area contributed by atoms with E-state index in [1.165, 1.54) is 6.08 Å². The molecule has 0 bridgehead atoms. The fraction of sp³-hybridized carbons (Fsp3) is 0.750. The van der Waals surface area contributed by atoms with Crippen molar-refractivity contribution in [3.63, 3.8) is 0 Å². The average Bonchev–Trinajstić information content (AvgIpc) is 2.03. The molecule has 0 rings (SSSR count). The quantitative estimate of drug-likeness (QED) is 0.501. The molecular weight excluding hydrogens is 158 g/mol. The van der Waals surface area contributed by atoms with Crippen molar-refractivity contribution < 1.29 is 14.7 Å². The van der Waals surface area contributed by atoms with E-state index >= 15 is 0 Å². The Hall–Kier alpha value is -1.15. The standard InChI is InChI=1S/C8H13NO3/c1-3-5-8(4-2,7(11)12)9-6-10/h3-5H2,1-2H3,(H,11,12). The van der Waals surface area contributed by atoms with Crippen LogP contribution in [0.1, 0.15) is 33.1 Å². The molecule has 1 N–H and O–H groups in total. The third-order valence-electron chi connectivity index (χ3n) is 1.91. The van der Waals surface area contributed by atoms with Gasteiger partial charge in [0.05, 0.1) is 0 Å². The van der Waals surface area contributed by atoms with Gasteiger partial charge in [-0.2, -0.15) is 4.99 Å². The fourth-order valence-electron chi connectivity index (χ4n) is 1.12. The van der Waals surface area contributed by atoms with Crippen LogP contribution in [0.15, 0.2) is 4.99 Å². The number of aliphatic carboxylic acids is 1. The third-order valence-corrected chi connectivity index (χ3v) is 1.91. The summed E-state index contributed by atoms with van der Waals surface area (Å²) in [4.78, 5) is 24.1. The lowest BCUT2D eigenvalue weighted by Gasteiger charge is -2.20. The van der Waals surface area contributed by atoms with Crippen molar-refractivity contribution in [1.29, 1.82) is 0 Å². The number of aliphatic imine (C=N–C) groups is 1. The zero-order valence-electron chi connectivity index (χ0n) is 7.33. The average molecular weight is 171 g/mol. The Morgan fingerprint density at radius 3 is 2.42 bits per heavy atom. The molecule has 0 aliphatic rings. The molecule has 4 nitrogen and oxygen atoms in total. The minimum Gasteiger partial charge on any atom is -0.479 e. The highest BCUT2D eigenvalue weighted by Gasteiger charge is 2.35. The summed E-state index contributed by atoms with van der Waals surface area (Å²) in [6.45, 7) is 3.55. The molecule has 0 aromatic heterocycles. The minimum absolute atomic E-state index is 0.325. The lowest BCUT2D eigenvalue weighted by molar-refractivity contribution is -0.143. The van der Waals surface area contributed by atoms with Crippen LogP contribution in [0.2, 0.25) is 0 Å². The molecule has 0 aliphatic carbocycles. The normalized spacial score (nSPS) is 14.5. The highest BCUT2D eigenvalue weighted by atomic mass is 16.4. The summed E-state index contributed by atoms with van der Waals surface area (Å²) in [5.74, 6) is -1.05. The number of carbonyl (C=O) groups is 1. The van der Waals surface area contributed by atoms with Gasteiger partial charge in [0.2, 0.25) is 6.08 Å². The van der Waals surface area contributed by atoms with Gasteiger partial charge in [-0.3, -0.25) is 0 Å². The number of isocyanates is 1. The largest absolute Gasteiger partial charge is 0.479 e. The minimum atomic E-state index is -1.24. The van der Waals surface area contributed by atoms with E-state index in [1.807, 2.05) is 6.92 Å². The number of rotatable bonds is 5. The second-order valence-corrected chi connectivity index (χ2v) is 2.64. The van der Waals surface area contributed by atoms with Crippen molar-refractivity contribution in [3.05, 3.63) is 0 Å². The molecule has 0 amide bonds. The zero-order chi connectivity index (χ0) is 9.61. The Morgan fingerprint density at radius 1 is 1.58 bits per heavy atom. The second-order valence-electron chi connectivity index (χ2n) is 2.64. The van der Waals surface area contributed by atoms with E-state index in [-0.39, 0.29) is 0 Å². The van der Waals surface area contributed by atoms with Crippen molar-refractivity contribution in [2.45, 2.75) is 38.6 Å². The first-order valence-electron chi connectivity index (χ1n) is 3.95. The van der Waals surface area contributed by atoms with Gasteiger partial charge in [-0.1, -0.05) is 20.3 Å². The molecule has 0 aromatic rings. The Labute approximate surface area is 71.3 Å². The van der Waals surface area contributed by atoms with Crippen molar-refractivity contribution in [2.75, 3.05) is 0 Å². The highest BCUT2D eigenvalue weighted by Crippen LogP contribution is 2.22. The molecule has 1 unspecified atom stereocenters. The number of hydrogen-bond donors (Lipinski definition) is 1. The molecule has 0 aliphatic heterocycles. The number of carbonyl (C=O) groups excluding carboxylic acids is 1. The summed E-state index contributed by atoms with van der Waals surface area (Å²) in [5.41, 5.74) is -1.24. The lowest BCUT2D eigenvalue weighted by atomic mass is 9.92. The topological polar surface area (TPSA) is 66.7 Å². The van der Waals surface area contributed by atoms with E-state index in [9.17, 15) is 9.59 Å². The van der Waals surface area contributed by atoms with Crippen molar-refractivity contribution in [2.24, 2.45) is 4.99 Å². The van der Waals surface area contributed by atoms with E-state index in [4.69, 9.17) is 5.11 Å². The number of hydrogen-bond acceptors (Lipinski definition) is 3. The van der Waals surface area contributed by atoms with Crippen LogP contribution in [0.5, 0.6) is 0 Å². The van der Waals surface area contributed by atoms with Gasteiger partial charge in [-0.15, -0.1) is 0 Å². The second kappa shape index (κ2) is 4.67. The van der Waals surface area contributed by atoms with Crippen LogP contribution in [-0.2, 0) is 9.59 Å². The van der Waals surface area contributed by atoms with Crippen LogP contribution in [-0.4, -0.2) is 22.7 Å². The van der Waals surface area contributed by atoms with Gasteiger partial charge in [0.25, 0.3) is 0 Å². The Morgan fingerprint density at radius 2 is 2.17 bits per heavy atom. The van der Waals surface area contributed by atoms with Gasteiger partial charge in [0.1, 0.15) is 0 Å². The molecule has 0 heterocycles. The summed E-state index contributed by atoms with van der Waals surface area (Å²) in [6.07, 6.45) is 2.71. The number of carboxylic acids is 1. The van der Waals surface area contributed by atoms with Gasteiger partial charge in [-0.05, 0) is 12.8 Å². The maximum Gasteiger partial charge on any atom is 0.332 e. The highest BCUT2D eigenvalue weighted by molar-refractivity contribution is 5.79. The van der Waals surface area contributed by atoms with Crippen LogP contribution in [0.3, 0.4) is 0 Å². The Bertz CT molecular complexity index is 204. The molecule has 0 spiro atoms. The van der Waals surface area contributed by atoms with Crippen LogP contribution < -0.4 is 0 Å². The van der Waals surface area contributed by atoms with Gasteiger partial charge in [0.15, 0.2) is 5.54 Å². The van der Waals surface area contributed by atoms with E-state index in [0.717, 1.165) is 0 Å². The first kappa shape index (κ1) is 10.8. The first-order chi connectivity index (χ1) is 5.63. The molecule has 0 fully saturated rings. The predicted molar refractivity (Wildman–Crippen MR) is 43.7 cm³/mol. The molecule has 1 atom stereocenters. The van der Waals surface area contributed by atoms with Crippen LogP contribution in [0.25, 0.3) is 0 Å². The van der Waals surface area contributed by atoms with Crippen LogP contribution in [0, 0.1) is 0 Å². The number of carboxylic acid groups (broad SMARTS) is 1. The predicted octanol–water partition coefficient (Wildman–Crippen LogP) is 1.36. The van der Waals surface area contributed by atoms with Crippen molar-refractivity contribution >= 4 is 12.0 Å². The smallest absolute Gasteiger partial charge is 0.332 e. The fourth-order valence-corrected chi connectivity index (χ4v) is 1.12. The Kier molecular flexibility index (Phi) is 4.22. The molecule has 12 heavy (non-hydrogen) atoms. The van der Waals surface area contributed by atoms with Gasteiger partial charge in [0, 0.05) is 0 Å². The van der Waals surface area contributed by atoms with E-state index in [1.54, 1.807) is 6.92 Å². The summed E-state index contributed by atoms with van der Waals surface area (Å²) in [7, 11) is 0. The monoisotopic (exact) mass is 171 g/mol. The summed E-state index contributed by atoms with van der Waals surface area (Å²) < 4.78 is 0. The van der Waals surface area contributed by atoms with Gasteiger partial charge >= 0.3 is 5.97 Å². The molecule has 4 heteroatoms. The molecule has 68 valence electrons. The summed E-state index contributed by atoms with van der Waals surface area (Å²) in [6, 6.07) is 0. The molecule has 0 saturated carbocycles. The summed E-state index contributed by atoms with van der Waals surface area (Å²) >= 11 is 0. The SMILES string of the molecule is CCCC(CC)(N=C=O)C(=O)O. The van der Waals surface area contributed by atoms with Crippen molar-refractivity contribution in [1.82, 2.24) is 0 Å².